The fraction of sp³-hybridized carbons (Fsp3) is 1.00. The molecule has 0 aromatic rings. The zero-order chi connectivity index (χ0) is 12.4. The molecule has 3 rings (SSSR count). The molecule has 4 unspecified atom stereocenters. The van der Waals surface area contributed by atoms with E-state index in [0.717, 1.165) is 19.1 Å². The van der Waals surface area contributed by atoms with Crippen LogP contribution in [0, 0.1) is 11.3 Å². The molecule has 1 heterocycles. The Morgan fingerprint density at radius 1 is 1.17 bits per heavy atom. The molecular weight excluding hydrogens is 224 g/mol. The molecule has 0 aromatic carbocycles. The molecule has 2 bridgehead atoms. The summed E-state index contributed by atoms with van der Waals surface area (Å²) in [4.78, 5) is 0. The van der Waals surface area contributed by atoms with Crippen molar-refractivity contribution in [2.75, 3.05) is 13.2 Å². The maximum Gasteiger partial charge on any atom is 0.0922 e. The first-order chi connectivity index (χ1) is 8.86. The Bertz CT molecular complexity index is 278. The average molecular weight is 252 g/mol. The van der Waals surface area contributed by atoms with Crippen molar-refractivity contribution >= 4 is 0 Å². The molecule has 2 aliphatic carbocycles. The van der Waals surface area contributed by atoms with Crippen LogP contribution in [0.1, 0.15) is 64.7 Å². The highest BCUT2D eigenvalue weighted by molar-refractivity contribution is 5.15. The molecule has 1 aliphatic heterocycles. The number of fused-ring (bicyclic) bond motifs is 5. The molecule has 3 fully saturated rings. The highest BCUT2D eigenvalue weighted by Crippen LogP contribution is 2.63. The summed E-state index contributed by atoms with van der Waals surface area (Å²) >= 11 is 0. The van der Waals surface area contributed by atoms with Crippen molar-refractivity contribution < 1.29 is 9.47 Å². The van der Waals surface area contributed by atoms with E-state index >= 15 is 0 Å². The van der Waals surface area contributed by atoms with E-state index in [-0.39, 0.29) is 0 Å². The van der Waals surface area contributed by atoms with Crippen LogP contribution in [0.25, 0.3) is 0 Å². The Balaban J connectivity index is 1.25. The lowest BCUT2D eigenvalue weighted by Gasteiger charge is -2.25. The Hall–Kier alpha value is -0.0800. The molecule has 0 N–H and O–H groups in total. The highest BCUT2D eigenvalue weighted by Gasteiger charge is 2.67. The van der Waals surface area contributed by atoms with Gasteiger partial charge in [-0.3, -0.25) is 0 Å². The van der Waals surface area contributed by atoms with Gasteiger partial charge in [0.2, 0.25) is 0 Å². The van der Waals surface area contributed by atoms with Gasteiger partial charge in [-0.05, 0) is 31.6 Å². The Labute approximate surface area is 111 Å². The zero-order valence-corrected chi connectivity index (χ0v) is 11.8. The van der Waals surface area contributed by atoms with Crippen LogP contribution in [0.2, 0.25) is 0 Å². The van der Waals surface area contributed by atoms with Crippen molar-refractivity contribution in [3.8, 4) is 0 Å². The molecule has 18 heavy (non-hydrogen) atoms. The predicted molar refractivity (Wildman–Crippen MR) is 72.6 cm³/mol. The van der Waals surface area contributed by atoms with E-state index in [1.54, 1.807) is 0 Å². The molecule has 0 spiro atoms. The van der Waals surface area contributed by atoms with Crippen LogP contribution >= 0.6 is 0 Å². The van der Waals surface area contributed by atoms with Gasteiger partial charge in [-0.15, -0.1) is 0 Å². The third kappa shape index (κ3) is 2.46. The second kappa shape index (κ2) is 5.50. The fourth-order valence-corrected chi connectivity index (χ4v) is 4.19. The number of unbranched alkanes of at least 4 members (excludes halogenated alkanes) is 5. The summed E-state index contributed by atoms with van der Waals surface area (Å²) in [6.45, 7) is 4.21. The van der Waals surface area contributed by atoms with Gasteiger partial charge < -0.3 is 9.47 Å². The average Bonchev–Trinajstić information content (AvgIpc) is 3.04. The molecular formula is C16H28O2. The van der Waals surface area contributed by atoms with Crippen LogP contribution in [0.5, 0.6) is 0 Å². The van der Waals surface area contributed by atoms with Crippen LogP contribution in [0.3, 0.4) is 0 Å². The van der Waals surface area contributed by atoms with E-state index in [1.165, 1.54) is 57.8 Å². The second-order valence-corrected chi connectivity index (χ2v) is 6.71. The molecule has 104 valence electrons. The quantitative estimate of drug-likeness (QED) is 0.458. The van der Waals surface area contributed by atoms with Gasteiger partial charge in [0, 0.05) is 12.0 Å². The lowest BCUT2D eigenvalue weighted by molar-refractivity contribution is 0.0254. The standard InChI is InChI=1S/C16H28O2/c1-2-3-4-5-6-7-10-17-12-16-9-8-13(11-16)14-15(16)18-14/h13-15H,2-12H2,1H3. The van der Waals surface area contributed by atoms with E-state index < -0.39 is 0 Å². The van der Waals surface area contributed by atoms with E-state index in [1.807, 2.05) is 0 Å². The summed E-state index contributed by atoms with van der Waals surface area (Å²) in [7, 11) is 0. The lowest BCUT2D eigenvalue weighted by atomic mass is 9.85. The largest absolute Gasteiger partial charge is 0.381 e. The first-order valence-corrected chi connectivity index (χ1v) is 8.09. The lowest BCUT2D eigenvalue weighted by Crippen LogP contribution is -2.29. The van der Waals surface area contributed by atoms with Crippen LogP contribution in [0.15, 0.2) is 0 Å². The van der Waals surface area contributed by atoms with Gasteiger partial charge in [-0.25, -0.2) is 0 Å². The maximum atomic E-state index is 5.96. The minimum absolute atomic E-state index is 0.442. The Morgan fingerprint density at radius 3 is 2.78 bits per heavy atom. The molecule has 0 aromatic heterocycles. The van der Waals surface area contributed by atoms with Crippen molar-refractivity contribution in [3.63, 3.8) is 0 Å². The van der Waals surface area contributed by atoms with Crippen LogP contribution < -0.4 is 0 Å². The van der Waals surface area contributed by atoms with Gasteiger partial charge in [0.1, 0.15) is 0 Å². The Kier molecular flexibility index (Phi) is 3.95. The first-order valence-electron chi connectivity index (χ1n) is 8.09. The van der Waals surface area contributed by atoms with Crippen LogP contribution in [0.4, 0.5) is 0 Å². The predicted octanol–water partition coefficient (Wildman–Crippen LogP) is 3.93. The summed E-state index contributed by atoms with van der Waals surface area (Å²) in [5.41, 5.74) is 0.442. The number of ether oxygens (including phenoxy) is 2. The van der Waals surface area contributed by atoms with Crippen molar-refractivity contribution in [1.82, 2.24) is 0 Å². The maximum absolute atomic E-state index is 5.96. The summed E-state index contributed by atoms with van der Waals surface area (Å²) < 4.78 is 11.7. The number of rotatable bonds is 9. The zero-order valence-electron chi connectivity index (χ0n) is 11.8. The van der Waals surface area contributed by atoms with E-state index in [2.05, 4.69) is 6.92 Å². The van der Waals surface area contributed by atoms with Gasteiger partial charge >= 0.3 is 0 Å². The number of hydrogen-bond donors (Lipinski definition) is 0. The fourth-order valence-electron chi connectivity index (χ4n) is 4.19. The molecule has 0 amide bonds. The molecule has 2 saturated carbocycles. The molecule has 3 aliphatic rings. The highest BCUT2D eigenvalue weighted by atomic mass is 16.6. The number of epoxide rings is 1. The minimum Gasteiger partial charge on any atom is -0.381 e. The van der Waals surface area contributed by atoms with Crippen LogP contribution in [-0.2, 0) is 9.47 Å². The molecule has 4 atom stereocenters. The summed E-state index contributed by atoms with van der Waals surface area (Å²) in [6, 6.07) is 0. The summed E-state index contributed by atoms with van der Waals surface area (Å²) in [6.07, 6.45) is 13.5. The van der Waals surface area contributed by atoms with Crippen LogP contribution in [-0.4, -0.2) is 25.4 Å². The van der Waals surface area contributed by atoms with Gasteiger partial charge in [0.15, 0.2) is 0 Å². The third-order valence-corrected chi connectivity index (χ3v) is 5.31. The minimum atomic E-state index is 0.442. The summed E-state index contributed by atoms with van der Waals surface area (Å²) in [5, 5.41) is 0. The number of hydrogen-bond acceptors (Lipinski definition) is 2. The van der Waals surface area contributed by atoms with Crippen molar-refractivity contribution in [3.05, 3.63) is 0 Å². The normalized spacial score (nSPS) is 40.2. The van der Waals surface area contributed by atoms with E-state index in [9.17, 15) is 0 Å². The molecule has 2 heteroatoms. The second-order valence-electron chi connectivity index (χ2n) is 6.71. The van der Waals surface area contributed by atoms with Crippen molar-refractivity contribution in [1.29, 1.82) is 0 Å². The molecule has 2 nitrogen and oxygen atoms in total. The SMILES string of the molecule is CCCCCCCCOCC12CCC(C1)C1OC12. The van der Waals surface area contributed by atoms with Gasteiger partial charge in [0.25, 0.3) is 0 Å². The monoisotopic (exact) mass is 252 g/mol. The third-order valence-electron chi connectivity index (χ3n) is 5.31. The van der Waals surface area contributed by atoms with Crippen molar-refractivity contribution in [2.45, 2.75) is 76.9 Å². The van der Waals surface area contributed by atoms with Crippen molar-refractivity contribution in [2.24, 2.45) is 11.3 Å². The molecule has 1 saturated heterocycles. The topological polar surface area (TPSA) is 21.8 Å². The van der Waals surface area contributed by atoms with Gasteiger partial charge in [-0.2, -0.15) is 0 Å². The summed E-state index contributed by atoms with van der Waals surface area (Å²) in [5.74, 6) is 0.882. The van der Waals surface area contributed by atoms with Gasteiger partial charge in [-0.1, -0.05) is 39.0 Å². The first kappa shape index (κ1) is 12.9. The van der Waals surface area contributed by atoms with E-state index in [4.69, 9.17) is 9.47 Å². The molecule has 0 radical (unpaired) electrons. The van der Waals surface area contributed by atoms with E-state index in [0.29, 0.717) is 17.6 Å². The van der Waals surface area contributed by atoms with Gasteiger partial charge in [0.05, 0.1) is 18.8 Å². The smallest absolute Gasteiger partial charge is 0.0922 e. The Morgan fingerprint density at radius 2 is 2.00 bits per heavy atom.